The molecule has 1 amide bonds. The van der Waals surface area contributed by atoms with Crippen molar-refractivity contribution in [2.45, 2.75) is 4.90 Å². The summed E-state index contributed by atoms with van der Waals surface area (Å²) in [6.07, 6.45) is 1.56. The molecular formula is C21H26N4O3S. The molecule has 8 heteroatoms. The van der Waals surface area contributed by atoms with E-state index in [-0.39, 0.29) is 16.4 Å². The Kier molecular flexibility index (Phi) is 6.56. The second kappa shape index (κ2) is 9.11. The first-order valence-corrected chi connectivity index (χ1v) is 10.9. The number of piperazine rings is 1. The summed E-state index contributed by atoms with van der Waals surface area (Å²) in [6.45, 7) is 7.76. The van der Waals surface area contributed by atoms with Gasteiger partial charge in [-0.25, -0.2) is 8.42 Å². The number of carbonyl (C=O) groups excluding carboxylic acids is 1. The van der Waals surface area contributed by atoms with E-state index in [1.807, 2.05) is 12.1 Å². The van der Waals surface area contributed by atoms with Gasteiger partial charge in [0, 0.05) is 49.7 Å². The smallest absolute Gasteiger partial charge is 0.261 e. The van der Waals surface area contributed by atoms with Gasteiger partial charge in [-0.2, -0.15) is 0 Å². The van der Waals surface area contributed by atoms with Gasteiger partial charge in [0.25, 0.3) is 15.9 Å². The largest absolute Gasteiger partial charge is 0.369 e. The van der Waals surface area contributed by atoms with Gasteiger partial charge in [-0.15, -0.1) is 6.58 Å². The monoisotopic (exact) mass is 414 g/mol. The molecule has 1 aliphatic rings. The number of sulfonamides is 1. The lowest BCUT2D eigenvalue weighted by Gasteiger charge is -2.34. The van der Waals surface area contributed by atoms with Crippen molar-refractivity contribution in [1.82, 2.24) is 10.2 Å². The van der Waals surface area contributed by atoms with Crippen LogP contribution in [0.25, 0.3) is 0 Å². The van der Waals surface area contributed by atoms with Crippen molar-refractivity contribution < 1.29 is 13.2 Å². The van der Waals surface area contributed by atoms with E-state index in [2.05, 4.69) is 33.5 Å². The molecule has 1 aliphatic heterocycles. The standard InChI is InChI=1S/C21H26N4O3S/c1-3-11-22-21(26)17-5-4-6-20(16-17)29(27,28)23-18-7-9-19(10-8-18)25-14-12-24(2)13-15-25/h3-10,16,23H,1,11-15H2,2H3,(H,22,26). The second-order valence-corrected chi connectivity index (χ2v) is 8.65. The molecule has 2 N–H and O–H groups in total. The Morgan fingerprint density at radius 2 is 1.79 bits per heavy atom. The van der Waals surface area contributed by atoms with Crippen LogP contribution in [0.1, 0.15) is 10.4 Å². The zero-order chi connectivity index (χ0) is 20.9. The number of benzene rings is 2. The summed E-state index contributed by atoms with van der Waals surface area (Å²) in [4.78, 5) is 16.7. The fraction of sp³-hybridized carbons (Fsp3) is 0.286. The van der Waals surface area contributed by atoms with E-state index in [1.54, 1.807) is 30.3 Å². The van der Waals surface area contributed by atoms with Gasteiger partial charge in [0.15, 0.2) is 0 Å². The van der Waals surface area contributed by atoms with Crippen molar-refractivity contribution in [2.75, 3.05) is 49.4 Å². The zero-order valence-corrected chi connectivity index (χ0v) is 17.3. The third kappa shape index (κ3) is 5.36. The summed E-state index contributed by atoms with van der Waals surface area (Å²) in [5.41, 5.74) is 1.83. The molecule has 1 fully saturated rings. The zero-order valence-electron chi connectivity index (χ0n) is 16.5. The first-order chi connectivity index (χ1) is 13.9. The highest BCUT2D eigenvalue weighted by Gasteiger charge is 2.18. The van der Waals surface area contributed by atoms with E-state index in [9.17, 15) is 13.2 Å². The molecule has 0 unspecified atom stereocenters. The van der Waals surface area contributed by atoms with Crippen LogP contribution in [0.15, 0.2) is 66.1 Å². The molecule has 0 saturated carbocycles. The summed E-state index contributed by atoms with van der Waals surface area (Å²) in [5, 5.41) is 2.64. The number of hydrogen-bond donors (Lipinski definition) is 2. The molecule has 0 spiro atoms. The van der Waals surface area contributed by atoms with E-state index < -0.39 is 10.0 Å². The van der Waals surface area contributed by atoms with Gasteiger partial charge in [-0.1, -0.05) is 12.1 Å². The Bertz CT molecular complexity index is 966. The first-order valence-electron chi connectivity index (χ1n) is 9.44. The fourth-order valence-electron chi connectivity index (χ4n) is 3.09. The van der Waals surface area contributed by atoms with Crippen molar-refractivity contribution in [2.24, 2.45) is 0 Å². The lowest BCUT2D eigenvalue weighted by Crippen LogP contribution is -2.44. The molecule has 3 rings (SSSR count). The van der Waals surface area contributed by atoms with Crippen molar-refractivity contribution in [3.63, 3.8) is 0 Å². The first kappa shape index (κ1) is 20.9. The van der Waals surface area contributed by atoms with Gasteiger partial charge in [0.05, 0.1) is 4.90 Å². The molecule has 1 saturated heterocycles. The molecule has 2 aromatic rings. The average Bonchev–Trinajstić information content (AvgIpc) is 2.73. The van der Waals surface area contributed by atoms with E-state index in [1.165, 1.54) is 12.1 Å². The van der Waals surface area contributed by atoms with Gasteiger partial charge < -0.3 is 15.1 Å². The van der Waals surface area contributed by atoms with Crippen LogP contribution in [0.3, 0.4) is 0 Å². The van der Waals surface area contributed by atoms with Gasteiger partial charge >= 0.3 is 0 Å². The van der Waals surface area contributed by atoms with Crippen LogP contribution in [-0.4, -0.2) is 59.0 Å². The quantitative estimate of drug-likeness (QED) is 0.679. The fourth-order valence-corrected chi connectivity index (χ4v) is 4.19. The predicted molar refractivity (Wildman–Crippen MR) is 116 cm³/mol. The molecule has 154 valence electrons. The Labute approximate surface area is 172 Å². The molecule has 0 aromatic heterocycles. The summed E-state index contributed by atoms with van der Waals surface area (Å²) in [6, 6.07) is 13.3. The maximum atomic E-state index is 12.7. The van der Waals surface area contributed by atoms with Crippen LogP contribution >= 0.6 is 0 Å². The lowest BCUT2D eigenvalue weighted by molar-refractivity contribution is 0.0958. The van der Waals surface area contributed by atoms with Crippen LogP contribution in [0.2, 0.25) is 0 Å². The van der Waals surface area contributed by atoms with E-state index in [4.69, 9.17) is 0 Å². The molecule has 0 bridgehead atoms. The van der Waals surface area contributed by atoms with Crippen LogP contribution in [0.4, 0.5) is 11.4 Å². The van der Waals surface area contributed by atoms with Gasteiger partial charge in [-0.3, -0.25) is 9.52 Å². The molecule has 1 heterocycles. The molecule has 0 atom stereocenters. The number of amides is 1. The molecule has 0 radical (unpaired) electrons. The predicted octanol–water partition coefficient (Wildman–Crippen LogP) is 2.15. The number of rotatable bonds is 7. The molecular weight excluding hydrogens is 388 g/mol. The van der Waals surface area contributed by atoms with Crippen molar-refractivity contribution in [1.29, 1.82) is 0 Å². The Morgan fingerprint density at radius 3 is 2.45 bits per heavy atom. The van der Waals surface area contributed by atoms with Crippen LogP contribution in [0.5, 0.6) is 0 Å². The highest BCUT2D eigenvalue weighted by Crippen LogP contribution is 2.22. The normalized spacial score (nSPS) is 15.0. The number of anilines is 2. The summed E-state index contributed by atoms with van der Waals surface area (Å²) in [7, 11) is -1.70. The SMILES string of the molecule is C=CCNC(=O)c1cccc(S(=O)(=O)Nc2ccc(N3CCN(C)CC3)cc2)c1. The van der Waals surface area contributed by atoms with E-state index in [0.29, 0.717) is 12.2 Å². The number of nitrogens with zero attached hydrogens (tertiary/aromatic N) is 2. The minimum absolute atomic E-state index is 0.0342. The third-order valence-electron chi connectivity index (χ3n) is 4.80. The number of hydrogen-bond acceptors (Lipinski definition) is 5. The van der Waals surface area contributed by atoms with Gasteiger partial charge in [-0.05, 0) is 49.5 Å². The summed E-state index contributed by atoms with van der Waals surface area (Å²) >= 11 is 0. The van der Waals surface area contributed by atoms with Crippen LogP contribution in [-0.2, 0) is 10.0 Å². The highest BCUT2D eigenvalue weighted by molar-refractivity contribution is 7.92. The number of carbonyl (C=O) groups is 1. The number of nitrogens with one attached hydrogen (secondary N) is 2. The van der Waals surface area contributed by atoms with Gasteiger partial charge in [0.1, 0.15) is 0 Å². The maximum absolute atomic E-state index is 12.7. The van der Waals surface area contributed by atoms with Gasteiger partial charge in [0.2, 0.25) is 0 Å². The highest BCUT2D eigenvalue weighted by atomic mass is 32.2. The van der Waals surface area contributed by atoms with E-state index in [0.717, 1.165) is 31.9 Å². The molecule has 7 nitrogen and oxygen atoms in total. The average molecular weight is 415 g/mol. The van der Waals surface area contributed by atoms with Crippen molar-refractivity contribution in [3.05, 3.63) is 66.7 Å². The molecule has 0 aliphatic carbocycles. The maximum Gasteiger partial charge on any atom is 0.261 e. The van der Waals surface area contributed by atoms with E-state index >= 15 is 0 Å². The van der Waals surface area contributed by atoms with Crippen molar-refractivity contribution >= 4 is 27.3 Å². The topological polar surface area (TPSA) is 81.7 Å². The number of likely N-dealkylation sites (N-methyl/N-ethyl adjacent to an activating group) is 1. The van der Waals surface area contributed by atoms with Crippen LogP contribution in [0, 0.1) is 0 Å². The molecule has 2 aromatic carbocycles. The minimum Gasteiger partial charge on any atom is -0.369 e. The summed E-state index contributed by atoms with van der Waals surface area (Å²) in [5.74, 6) is -0.349. The lowest BCUT2D eigenvalue weighted by atomic mass is 10.2. The Balaban J connectivity index is 1.71. The Hall–Kier alpha value is -2.84. The second-order valence-electron chi connectivity index (χ2n) is 6.97. The van der Waals surface area contributed by atoms with Crippen LogP contribution < -0.4 is 14.9 Å². The van der Waals surface area contributed by atoms with Crippen molar-refractivity contribution in [3.8, 4) is 0 Å². The third-order valence-corrected chi connectivity index (χ3v) is 6.18. The summed E-state index contributed by atoms with van der Waals surface area (Å²) < 4.78 is 28.1. The Morgan fingerprint density at radius 1 is 1.10 bits per heavy atom. The minimum atomic E-state index is -3.81. The molecule has 29 heavy (non-hydrogen) atoms.